The van der Waals surface area contributed by atoms with Crippen molar-refractivity contribution in [2.75, 3.05) is 38.6 Å². The Morgan fingerprint density at radius 2 is 1.85 bits per heavy atom. The third kappa shape index (κ3) is 6.37. The van der Waals surface area contributed by atoms with Crippen LogP contribution >= 0.6 is 11.3 Å². The van der Waals surface area contributed by atoms with Crippen LogP contribution in [0.2, 0.25) is 0 Å². The van der Waals surface area contributed by atoms with Crippen molar-refractivity contribution < 1.29 is 13.9 Å². The van der Waals surface area contributed by atoms with Gasteiger partial charge in [0.25, 0.3) is 0 Å². The number of carbonyl (C=O) groups is 1. The first-order valence-electron chi connectivity index (χ1n) is 11.1. The van der Waals surface area contributed by atoms with Gasteiger partial charge in [0.15, 0.2) is 11.6 Å². The van der Waals surface area contributed by atoms with Gasteiger partial charge in [-0.05, 0) is 36.2 Å². The summed E-state index contributed by atoms with van der Waals surface area (Å²) < 4.78 is 18.9. The topological polar surface area (TPSA) is 57.7 Å². The molecule has 0 bridgehead atoms. The van der Waals surface area contributed by atoms with Crippen LogP contribution in [-0.2, 0) is 24.3 Å². The summed E-state index contributed by atoms with van der Waals surface area (Å²) in [4.78, 5) is 21.8. The molecule has 1 amide bonds. The highest BCUT2D eigenvalue weighted by atomic mass is 32.1. The van der Waals surface area contributed by atoms with E-state index in [0.29, 0.717) is 0 Å². The summed E-state index contributed by atoms with van der Waals surface area (Å²) in [5.74, 6) is -0.0896. The highest BCUT2D eigenvalue weighted by molar-refractivity contribution is 7.09. The number of hydrogen-bond donors (Lipinski definition) is 1. The van der Waals surface area contributed by atoms with Crippen molar-refractivity contribution in [1.82, 2.24) is 14.8 Å². The number of halogens is 1. The SMILES string of the molecule is COc1ccc(CN2CCN(Cc3csc(CC(=O)Nc4ccccc4C)n3)CC2)cc1F. The van der Waals surface area contributed by atoms with Crippen LogP contribution in [0.25, 0.3) is 0 Å². The number of carbonyl (C=O) groups excluding carboxylic acids is 1. The Balaban J connectivity index is 1.23. The zero-order chi connectivity index (χ0) is 23.2. The number of piperazine rings is 1. The van der Waals surface area contributed by atoms with E-state index in [2.05, 4.69) is 20.1 Å². The molecular weight excluding hydrogens is 439 g/mol. The van der Waals surface area contributed by atoms with Crippen molar-refractivity contribution in [1.29, 1.82) is 0 Å². The first-order valence-corrected chi connectivity index (χ1v) is 11.9. The summed E-state index contributed by atoms with van der Waals surface area (Å²) in [5, 5.41) is 5.84. The molecule has 0 unspecified atom stereocenters. The molecule has 1 fully saturated rings. The summed E-state index contributed by atoms with van der Waals surface area (Å²) in [6.07, 6.45) is 0.283. The van der Waals surface area contributed by atoms with E-state index in [1.165, 1.54) is 18.4 Å². The number of amides is 1. The van der Waals surface area contributed by atoms with Gasteiger partial charge in [0.2, 0.25) is 5.91 Å². The minimum atomic E-state index is -0.319. The molecule has 0 radical (unpaired) electrons. The molecule has 0 spiro atoms. The molecule has 4 rings (SSSR count). The number of ether oxygens (including phenoxy) is 1. The molecular formula is C25H29FN4O2S. The molecule has 1 N–H and O–H groups in total. The predicted molar refractivity (Wildman–Crippen MR) is 129 cm³/mol. The summed E-state index contributed by atoms with van der Waals surface area (Å²) in [5.41, 5.74) is 3.84. The fourth-order valence-electron chi connectivity index (χ4n) is 3.95. The zero-order valence-electron chi connectivity index (χ0n) is 19.0. The summed E-state index contributed by atoms with van der Waals surface area (Å²) in [6, 6.07) is 12.9. The van der Waals surface area contributed by atoms with E-state index < -0.39 is 0 Å². The molecule has 0 atom stereocenters. The third-order valence-electron chi connectivity index (χ3n) is 5.80. The minimum absolute atomic E-state index is 0.0474. The number of thiazole rings is 1. The number of rotatable bonds is 8. The summed E-state index contributed by atoms with van der Waals surface area (Å²) >= 11 is 1.53. The normalized spacial score (nSPS) is 14.9. The number of benzene rings is 2. The van der Waals surface area contributed by atoms with Crippen LogP contribution in [-0.4, -0.2) is 54.0 Å². The van der Waals surface area contributed by atoms with Gasteiger partial charge in [0, 0.05) is 50.3 Å². The van der Waals surface area contributed by atoms with Gasteiger partial charge in [0.1, 0.15) is 5.01 Å². The van der Waals surface area contributed by atoms with Crippen LogP contribution in [0.4, 0.5) is 10.1 Å². The van der Waals surface area contributed by atoms with Gasteiger partial charge in [0.05, 0.1) is 19.2 Å². The van der Waals surface area contributed by atoms with Gasteiger partial charge >= 0.3 is 0 Å². The lowest BCUT2D eigenvalue weighted by Gasteiger charge is -2.34. The monoisotopic (exact) mass is 468 g/mol. The average Bonchev–Trinajstić information content (AvgIpc) is 3.23. The van der Waals surface area contributed by atoms with E-state index in [0.717, 1.165) is 66.8 Å². The van der Waals surface area contributed by atoms with E-state index in [1.54, 1.807) is 12.1 Å². The van der Waals surface area contributed by atoms with Gasteiger partial charge in [-0.25, -0.2) is 9.37 Å². The smallest absolute Gasteiger partial charge is 0.231 e. The summed E-state index contributed by atoms with van der Waals surface area (Å²) in [7, 11) is 1.48. The fourth-order valence-corrected chi connectivity index (χ4v) is 4.73. The highest BCUT2D eigenvalue weighted by Crippen LogP contribution is 2.20. The van der Waals surface area contributed by atoms with E-state index in [-0.39, 0.29) is 23.9 Å². The van der Waals surface area contributed by atoms with Gasteiger partial charge in [-0.2, -0.15) is 0 Å². The van der Waals surface area contributed by atoms with Crippen molar-refractivity contribution >= 4 is 22.9 Å². The molecule has 174 valence electrons. The van der Waals surface area contributed by atoms with Gasteiger partial charge in [-0.1, -0.05) is 24.3 Å². The largest absolute Gasteiger partial charge is 0.494 e. The number of aryl methyl sites for hydroxylation is 1. The van der Waals surface area contributed by atoms with Crippen LogP contribution in [0.15, 0.2) is 47.8 Å². The Kier molecular flexibility index (Phi) is 7.69. The van der Waals surface area contributed by atoms with Crippen molar-refractivity contribution in [2.24, 2.45) is 0 Å². The predicted octanol–water partition coefficient (Wildman–Crippen LogP) is 4.10. The minimum Gasteiger partial charge on any atom is -0.494 e. The van der Waals surface area contributed by atoms with E-state index in [9.17, 15) is 9.18 Å². The van der Waals surface area contributed by atoms with E-state index in [1.807, 2.05) is 42.6 Å². The lowest BCUT2D eigenvalue weighted by atomic mass is 10.2. The molecule has 6 nitrogen and oxygen atoms in total. The van der Waals surface area contributed by atoms with E-state index >= 15 is 0 Å². The fraction of sp³-hybridized carbons (Fsp3) is 0.360. The second kappa shape index (κ2) is 10.9. The Morgan fingerprint density at radius 1 is 1.12 bits per heavy atom. The first-order chi connectivity index (χ1) is 16.0. The number of para-hydroxylation sites is 1. The second-order valence-electron chi connectivity index (χ2n) is 8.29. The molecule has 33 heavy (non-hydrogen) atoms. The number of nitrogens with one attached hydrogen (secondary N) is 1. The molecule has 3 aromatic rings. The second-order valence-corrected chi connectivity index (χ2v) is 9.24. The molecule has 2 aromatic carbocycles. The van der Waals surface area contributed by atoms with Gasteiger partial charge in [-0.3, -0.25) is 14.6 Å². The van der Waals surface area contributed by atoms with Crippen molar-refractivity contribution in [3.05, 3.63) is 75.5 Å². The van der Waals surface area contributed by atoms with E-state index in [4.69, 9.17) is 4.74 Å². The van der Waals surface area contributed by atoms with Crippen molar-refractivity contribution in [3.8, 4) is 5.75 Å². The third-order valence-corrected chi connectivity index (χ3v) is 6.70. The highest BCUT2D eigenvalue weighted by Gasteiger charge is 2.19. The molecule has 0 aliphatic carbocycles. The Bertz CT molecular complexity index is 1100. The quantitative estimate of drug-likeness (QED) is 0.540. The lowest BCUT2D eigenvalue weighted by Crippen LogP contribution is -2.45. The summed E-state index contributed by atoms with van der Waals surface area (Å²) in [6.45, 7) is 7.18. The van der Waals surface area contributed by atoms with Crippen LogP contribution in [0.5, 0.6) is 5.75 Å². The number of methoxy groups -OCH3 is 1. The number of hydrogen-bond acceptors (Lipinski definition) is 6. The van der Waals surface area contributed by atoms with Crippen LogP contribution < -0.4 is 10.1 Å². The number of anilines is 1. The van der Waals surface area contributed by atoms with Crippen LogP contribution in [0.3, 0.4) is 0 Å². The molecule has 0 saturated carbocycles. The molecule has 1 saturated heterocycles. The molecule has 1 aliphatic rings. The molecule has 8 heteroatoms. The molecule has 1 aromatic heterocycles. The number of nitrogens with zero attached hydrogens (tertiary/aromatic N) is 3. The maximum Gasteiger partial charge on any atom is 0.231 e. The maximum atomic E-state index is 13.9. The van der Waals surface area contributed by atoms with Crippen LogP contribution in [0, 0.1) is 12.7 Å². The first kappa shape index (κ1) is 23.4. The molecule has 2 heterocycles. The van der Waals surface area contributed by atoms with Crippen molar-refractivity contribution in [3.63, 3.8) is 0 Å². The molecule has 1 aliphatic heterocycles. The standard InChI is InChI=1S/C25H29FN4O2S/c1-18-5-3-4-6-22(18)28-24(31)14-25-27-20(17-33-25)16-30-11-9-29(10-12-30)15-19-7-8-23(32-2)21(26)13-19/h3-8,13,17H,9-12,14-16H2,1-2H3,(H,28,31). The Morgan fingerprint density at radius 3 is 2.55 bits per heavy atom. The van der Waals surface area contributed by atoms with Crippen molar-refractivity contribution in [2.45, 2.75) is 26.4 Å². The lowest BCUT2D eigenvalue weighted by molar-refractivity contribution is -0.115. The number of aromatic nitrogens is 1. The maximum absolute atomic E-state index is 13.9. The average molecular weight is 469 g/mol. The van der Waals surface area contributed by atoms with Crippen LogP contribution in [0.1, 0.15) is 21.8 Å². The Labute approximate surface area is 198 Å². The van der Waals surface area contributed by atoms with Gasteiger partial charge < -0.3 is 10.1 Å². The van der Waals surface area contributed by atoms with Gasteiger partial charge in [-0.15, -0.1) is 11.3 Å². The zero-order valence-corrected chi connectivity index (χ0v) is 19.8. The Hall–Kier alpha value is -2.81.